The maximum Gasteiger partial charge on any atom is 0.328 e. The van der Waals surface area contributed by atoms with Crippen molar-refractivity contribution in [2.75, 3.05) is 0 Å². The van der Waals surface area contributed by atoms with E-state index >= 15 is 0 Å². The van der Waals surface area contributed by atoms with Crippen LogP contribution in [0.1, 0.15) is 18.1 Å². The molecule has 0 amide bonds. The molecule has 3 N–H and O–H groups in total. The normalized spacial score (nSPS) is 14.9. The molecular weight excluding hydrogens is 187 g/mol. The molecule has 1 aromatic rings. The van der Waals surface area contributed by atoms with Crippen LogP contribution in [0.3, 0.4) is 0 Å². The zero-order valence-electron chi connectivity index (χ0n) is 7.91. The number of nitrogens with zero attached hydrogens (tertiary/aromatic N) is 1. The van der Waals surface area contributed by atoms with Gasteiger partial charge in [0, 0.05) is 17.3 Å². The molecule has 1 rings (SSSR count). The number of aromatic nitrogens is 1. The first-order chi connectivity index (χ1) is 6.35. The highest BCUT2D eigenvalue weighted by atomic mass is 19.1. The Hall–Kier alpha value is -1.49. The number of rotatable bonds is 2. The van der Waals surface area contributed by atoms with Gasteiger partial charge in [-0.15, -0.1) is 0 Å². The molecular formula is C9H11FN2O2. The molecule has 0 spiro atoms. The van der Waals surface area contributed by atoms with Crippen LogP contribution in [0, 0.1) is 12.9 Å². The summed E-state index contributed by atoms with van der Waals surface area (Å²) in [5.41, 5.74) is 4.56. The molecule has 0 aliphatic rings. The number of hydrogen-bond acceptors (Lipinski definition) is 3. The van der Waals surface area contributed by atoms with Crippen LogP contribution in [0.4, 0.5) is 4.39 Å². The van der Waals surface area contributed by atoms with Gasteiger partial charge in [-0.3, -0.25) is 0 Å². The van der Waals surface area contributed by atoms with Crippen LogP contribution in [-0.4, -0.2) is 16.1 Å². The number of pyridine rings is 1. The highest BCUT2D eigenvalue weighted by Gasteiger charge is 2.30. The SMILES string of the molecule is Cc1cc(C(C)(N)C(=O)O)cnc1F. The molecule has 4 nitrogen and oxygen atoms in total. The van der Waals surface area contributed by atoms with Gasteiger partial charge in [-0.25, -0.2) is 9.78 Å². The van der Waals surface area contributed by atoms with Crippen molar-refractivity contribution in [1.29, 1.82) is 0 Å². The molecule has 0 aromatic carbocycles. The van der Waals surface area contributed by atoms with Gasteiger partial charge in [0.05, 0.1) is 0 Å². The van der Waals surface area contributed by atoms with E-state index < -0.39 is 17.5 Å². The lowest BCUT2D eigenvalue weighted by atomic mass is 9.94. The van der Waals surface area contributed by atoms with Crippen molar-refractivity contribution in [3.63, 3.8) is 0 Å². The number of carboxylic acid groups (broad SMARTS) is 1. The van der Waals surface area contributed by atoms with E-state index in [1.807, 2.05) is 0 Å². The maximum atomic E-state index is 12.8. The minimum atomic E-state index is -1.54. The number of aliphatic carboxylic acids is 1. The van der Waals surface area contributed by atoms with E-state index in [1.54, 1.807) is 0 Å². The number of halogens is 1. The average molecular weight is 198 g/mol. The fourth-order valence-electron chi connectivity index (χ4n) is 0.966. The molecule has 0 fully saturated rings. The van der Waals surface area contributed by atoms with E-state index in [9.17, 15) is 9.18 Å². The lowest BCUT2D eigenvalue weighted by molar-refractivity contribution is -0.143. The van der Waals surface area contributed by atoms with Crippen molar-refractivity contribution in [1.82, 2.24) is 4.98 Å². The van der Waals surface area contributed by atoms with Crippen molar-refractivity contribution >= 4 is 5.97 Å². The second-order valence-corrected chi connectivity index (χ2v) is 3.34. The fourth-order valence-corrected chi connectivity index (χ4v) is 0.966. The minimum Gasteiger partial charge on any atom is -0.480 e. The highest BCUT2D eigenvalue weighted by Crippen LogP contribution is 2.18. The van der Waals surface area contributed by atoms with Crippen molar-refractivity contribution < 1.29 is 14.3 Å². The number of aryl methyl sites for hydroxylation is 1. The molecule has 0 saturated carbocycles. The third-order valence-electron chi connectivity index (χ3n) is 2.06. The smallest absolute Gasteiger partial charge is 0.328 e. The van der Waals surface area contributed by atoms with Crippen LogP contribution < -0.4 is 5.73 Å². The van der Waals surface area contributed by atoms with Gasteiger partial charge >= 0.3 is 5.97 Å². The second kappa shape index (κ2) is 3.34. The summed E-state index contributed by atoms with van der Waals surface area (Å²) in [6.07, 6.45) is 1.14. The third kappa shape index (κ3) is 1.72. The molecule has 0 aliphatic carbocycles. The zero-order valence-corrected chi connectivity index (χ0v) is 7.91. The third-order valence-corrected chi connectivity index (χ3v) is 2.06. The van der Waals surface area contributed by atoms with Crippen LogP contribution in [0.5, 0.6) is 0 Å². The van der Waals surface area contributed by atoms with E-state index in [1.165, 1.54) is 19.9 Å². The first kappa shape index (κ1) is 10.6. The van der Waals surface area contributed by atoms with Crippen LogP contribution in [0.15, 0.2) is 12.3 Å². The molecule has 0 aliphatic heterocycles. The van der Waals surface area contributed by atoms with Gasteiger partial charge < -0.3 is 10.8 Å². The Balaban J connectivity index is 3.21. The molecule has 0 bridgehead atoms. The van der Waals surface area contributed by atoms with E-state index in [0.29, 0.717) is 0 Å². The Morgan fingerprint density at radius 1 is 1.71 bits per heavy atom. The number of carbonyl (C=O) groups is 1. The van der Waals surface area contributed by atoms with Gasteiger partial charge in [0.15, 0.2) is 0 Å². The molecule has 1 heterocycles. The van der Waals surface area contributed by atoms with Crippen LogP contribution >= 0.6 is 0 Å². The molecule has 14 heavy (non-hydrogen) atoms. The lowest BCUT2D eigenvalue weighted by Gasteiger charge is -2.19. The van der Waals surface area contributed by atoms with Crippen molar-refractivity contribution in [2.45, 2.75) is 19.4 Å². The Bertz CT molecular complexity index is 377. The van der Waals surface area contributed by atoms with E-state index in [0.717, 1.165) is 6.20 Å². The van der Waals surface area contributed by atoms with Crippen molar-refractivity contribution in [2.24, 2.45) is 5.73 Å². The summed E-state index contributed by atoms with van der Waals surface area (Å²) in [6.45, 7) is 2.84. The Morgan fingerprint density at radius 3 is 2.71 bits per heavy atom. The van der Waals surface area contributed by atoms with Gasteiger partial charge in [0.25, 0.3) is 0 Å². The van der Waals surface area contributed by atoms with Crippen molar-refractivity contribution in [3.05, 3.63) is 29.3 Å². The van der Waals surface area contributed by atoms with Gasteiger partial charge in [-0.2, -0.15) is 4.39 Å². The molecule has 76 valence electrons. The predicted octanol–water partition coefficient (Wildman–Crippen LogP) is 0.788. The summed E-state index contributed by atoms with van der Waals surface area (Å²) in [5.74, 6) is -1.79. The molecule has 5 heteroatoms. The van der Waals surface area contributed by atoms with Crippen LogP contribution in [0.2, 0.25) is 0 Å². The molecule has 0 radical (unpaired) electrons. The molecule has 1 atom stereocenters. The van der Waals surface area contributed by atoms with Crippen LogP contribution in [0.25, 0.3) is 0 Å². The Kier molecular flexibility index (Phi) is 2.53. The Morgan fingerprint density at radius 2 is 2.29 bits per heavy atom. The Labute approximate surface area is 80.6 Å². The zero-order chi connectivity index (χ0) is 10.9. The standard InChI is InChI=1S/C9H11FN2O2/c1-5-3-6(4-12-7(5)10)9(2,11)8(13)14/h3-4H,11H2,1-2H3,(H,13,14). The summed E-state index contributed by atoms with van der Waals surface area (Å²) in [4.78, 5) is 14.2. The topological polar surface area (TPSA) is 76.2 Å². The van der Waals surface area contributed by atoms with Gasteiger partial charge in [0.1, 0.15) is 5.54 Å². The monoisotopic (exact) mass is 198 g/mol. The van der Waals surface area contributed by atoms with Gasteiger partial charge in [-0.1, -0.05) is 0 Å². The average Bonchev–Trinajstić information content (AvgIpc) is 2.09. The first-order valence-corrected chi connectivity index (χ1v) is 4.00. The number of hydrogen-bond donors (Lipinski definition) is 2. The van der Waals surface area contributed by atoms with E-state index in [2.05, 4.69) is 4.98 Å². The van der Waals surface area contributed by atoms with E-state index in [-0.39, 0.29) is 11.1 Å². The van der Waals surface area contributed by atoms with Gasteiger partial charge in [-0.05, 0) is 19.9 Å². The summed E-state index contributed by atoms with van der Waals surface area (Å²) in [6, 6.07) is 1.39. The highest BCUT2D eigenvalue weighted by molar-refractivity contribution is 5.79. The molecule has 1 aromatic heterocycles. The first-order valence-electron chi connectivity index (χ1n) is 4.00. The van der Waals surface area contributed by atoms with Crippen molar-refractivity contribution in [3.8, 4) is 0 Å². The predicted molar refractivity (Wildman–Crippen MR) is 48.1 cm³/mol. The van der Waals surface area contributed by atoms with E-state index in [4.69, 9.17) is 10.8 Å². The summed E-state index contributed by atoms with van der Waals surface area (Å²) in [5, 5.41) is 8.81. The largest absolute Gasteiger partial charge is 0.480 e. The lowest BCUT2D eigenvalue weighted by Crippen LogP contribution is -2.41. The number of nitrogens with two attached hydrogens (primary N) is 1. The number of carboxylic acids is 1. The summed E-state index contributed by atoms with van der Waals surface area (Å²) >= 11 is 0. The second-order valence-electron chi connectivity index (χ2n) is 3.34. The molecule has 0 saturated heterocycles. The quantitative estimate of drug-likeness (QED) is 0.689. The van der Waals surface area contributed by atoms with Crippen LogP contribution in [-0.2, 0) is 10.3 Å². The fraction of sp³-hybridized carbons (Fsp3) is 0.333. The summed E-state index contributed by atoms with van der Waals surface area (Å²) < 4.78 is 12.8. The minimum absolute atomic E-state index is 0.278. The summed E-state index contributed by atoms with van der Waals surface area (Å²) in [7, 11) is 0. The maximum absolute atomic E-state index is 12.8. The van der Waals surface area contributed by atoms with Gasteiger partial charge in [0.2, 0.25) is 5.95 Å². The molecule has 1 unspecified atom stereocenters.